The van der Waals surface area contributed by atoms with Crippen LogP contribution in [-0.2, 0) is 14.3 Å². The first-order chi connectivity index (χ1) is 8.43. The Balaban J connectivity index is 4.18. The molecule has 106 valence electrons. The molecule has 18 heavy (non-hydrogen) atoms. The normalized spacial score (nSPS) is 15.6. The van der Waals surface area contributed by atoms with Crippen molar-refractivity contribution in [2.45, 2.75) is 58.2 Å². The molecule has 3 atom stereocenters. The van der Waals surface area contributed by atoms with Gasteiger partial charge >= 0.3 is 5.97 Å². The molecule has 0 aromatic heterocycles. The van der Waals surface area contributed by atoms with Crippen molar-refractivity contribution in [3.8, 4) is 0 Å². The fraction of sp³-hybridized carbons (Fsp3) is 0.833. The molecule has 0 aromatic rings. The zero-order chi connectivity index (χ0) is 14.1. The van der Waals surface area contributed by atoms with E-state index >= 15 is 0 Å². The molecule has 0 saturated heterocycles. The number of esters is 1. The summed E-state index contributed by atoms with van der Waals surface area (Å²) in [5.41, 5.74) is 5.69. The molecule has 6 heteroatoms. The summed E-state index contributed by atoms with van der Waals surface area (Å²) in [6.45, 7) is 5.43. The molecule has 0 aliphatic carbocycles. The van der Waals surface area contributed by atoms with Crippen LogP contribution in [0.5, 0.6) is 0 Å². The molecular weight excluding hydrogens is 236 g/mol. The monoisotopic (exact) mass is 260 g/mol. The van der Waals surface area contributed by atoms with Crippen molar-refractivity contribution in [3.05, 3.63) is 0 Å². The van der Waals surface area contributed by atoms with Crippen molar-refractivity contribution in [1.82, 2.24) is 5.32 Å². The Kier molecular flexibility index (Phi) is 8.32. The second kappa shape index (κ2) is 8.88. The van der Waals surface area contributed by atoms with Gasteiger partial charge in [0, 0.05) is 6.04 Å². The average Bonchev–Trinajstić information content (AvgIpc) is 2.34. The molecule has 3 unspecified atom stereocenters. The summed E-state index contributed by atoms with van der Waals surface area (Å²) < 4.78 is 4.74. The summed E-state index contributed by atoms with van der Waals surface area (Å²) >= 11 is 0. The maximum absolute atomic E-state index is 11.6. The first-order valence-corrected chi connectivity index (χ1v) is 6.34. The summed E-state index contributed by atoms with van der Waals surface area (Å²) in [5, 5.41) is 12.1. The Bertz CT molecular complexity index is 271. The number of hydrogen-bond donors (Lipinski definition) is 3. The van der Waals surface area contributed by atoms with Gasteiger partial charge in [0.15, 0.2) is 0 Å². The third-order valence-corrected chi connectivity index (χ3v) is 2.56. The highest BCUT2D eigenvalue weighted by molar-refractivity contribution is 5.87. The van der Waals surface area contributed by atoms with E-state index in [2.05, 4.69) is 5.32 Å². The lowest BCUT2D eigenvalue weighted by Crippen LogP contribution is -2.50. The first kappa shape index (κ1) is 16.9. The number of nitrogens with one attached hydrogen (secondary N) is 1. The second-order valence-electron chi connectivity index (χ2n) is 4.23. The first-order valence-electron chi connectivity index (χ1n) is 6.34. The topological polar surface area (TPSA) is 102 Å². The third kappa shape index (κ3) is 5.97. The molecule has 1 amide bonds. The molecule has 6 nitrogen and oxygen atoms in total. The Labute approximate surface area is 108 Å². The predicted molar refractivity (Wildman–Crippen MR) is 67.7 cm³/mol. The van der Waals surface area contributed by atoms with Crippen LogP contribution >= 0.6 is 0 Å². The van der Waals surface area contributed by atoms with Gasteiger partial charge in [-0.1, -0.05) is 19.8 Å². The van der Waals surface area contributed by atoms with E-state index in [1.54, 1.807) is 6.92 Å². The van der Waals surface area contributed by atoms with Crippen molar-refractivity contribution in [1.29, 1.82) is 0 Å². The fourth-order valence-electron chi connectivity index (χ4n) is 1.42. The number of aliphatic hydroxyl groups excluding tert-OH is 1. The van der Waals surface area contributed by atoms with E-state index in [-0.39, 0.29) is 6.61 Å². The van der Waals surface area contributed by atoms with Gasteiger partial charge in [0.05, 0.1) is 6.61 Å². The third-order valence-electron chi connectivity index (χ3n) is 2.56. The van der Waals surface area contributed by atoms with Crippen molar-refractivity contribution < 1.29 is 19.4 Å². The number of hydrogen-bond acceptors (Lipinski definition) is 5. The maximum Gasteiger partial charge on any atom is 0.328 e. The minimum atomic E-state index is -1.30. The summed E-state index contributed by atoms with van der Waals surface area (Å²) in [7, 11) is 0. The van der Waals surface area contributed by atoms with E-state index in [4.69, 9.17) is 10.5 Å². The van der Waals surface area contributed by atoms with Gasteiger partial charge in [0.1, 0.15) is 12.1 Å². The molecule has 0 radical (unpaired) electrons. The van der Waals surface area contributed by atoms with Crippen LogP contribution in [0.2, 0.25) is 0 Å². The van der Waals surface area contributed by atoms with E-state index in [9.17, 15) is 14.7 Å². The standard InChI is InChI=1S/C12H24N2O4/c1-4-6-7-9(13)10(15)11(16)14-8(3)12(17)18-5-2/h8-10,15H,4-7,13H2,1-3H3,(H,14,16). The minimum absolute atomic E-state index is 0.248. The van der Waals surface area contributed by atoms with E-state index in [1.165, 1.54) is 6.92 Å². The molecule has 0 spiro atoms. The van der Waals surface area contributed by atoms with Gasteiger partial charge in [0.2, 0.25) is 0 Å². The number of unbranched alkanes of at least 4 members (excludes halogenated alkanes) is 1. The molecule has 0 aliphatic heterocycles. The van der Waals surface area contributed by atoms with Crippen molar-refractivity contribution >= 4 is 11.9 Å². The second-order valence-corrected chi connectivity index (χ2v) is 4.23. The smallest absolute Gasteiger partial charge is 0.328 e. The van der Waals surface area contributed by atoms with E-state index in [0.717, 1.165) is 12.8 Å². The van der Waals surface area contributed by atoms with Crippen LogP contribution in [-0.4, -0.2) is 41.8 Å². The number of rotatable bonds is 8. The van der Waals surface area contributed by atoms with Crippen molar-refractivity contribution in [3.63, 3.8) is 0 Å². The molecule has 0 heterocycles. The van der Waals surface area contributed by atoms with Crippen molar-refractivity contribution in [2.75, 3.05) is 6.61 Å². The zero-order valence-corrected chi connectivity index (χ0v) is 11.3. The number of carbonyl (C=O) groups is 2. The summed E-state index contributed by atoms with van der Waals surface area (Å²) in [6, 6.07) is -1.40. The lowest BCUT2D eigenvalue weighted by atomic mass is 10.0. The predicted octanol–water partition coefficient (Wildman–Crippen LogP) is -0.0674. The molecule has 4 N–H and O–H groups in total. The maximum atomic E-state index is 11.6. The van der Waals surface area contributed by atoms with Gasteiger partial charge < -0.3 is 20.9 Å². The summed E-state index contributed by atoms with van der Waals surface area (Å²) in [4.78, 5) is 22.9. The van der Waals surface area contributed by atoms with Crippen LogP contribution in [0.4, 0.5) is 0 Å². The summed E-state index contributed by atoms with van der Waals surface area (Å²) in [5.74, 6) is -1.17. The molecule has 0 rings (SSSR count). The average molecular weight is 260 g/mol. The van der Waals surface area contributed by atoms with Crippen LogP contribution in [0.3, 0.4) is 0 Å². The van der Waals surface area contributed by atoms with Crippen LogP contribution in [0.1, 0.15) is 40.0 Å². The highest BCUT2D eigenvalue weighted by atomic mass is 16.5. The Morgan fingerprint density at radius 1 is 1.39 bits per heavy atom. The largest absolute Gasteiger partial charge is 0.464 e. The minimum Gasteiger partial charge on any atom is -0.464 e. The van der Waals surface area contributed by atoms with Crippen LogP contribution in [0.15, 0.2) is 0 Å². The number of carbonyl (C=O) groups excluding carboxylic acids is 2. The van der Waals surface area contributed by atoms with Gasteiger partial charge in [-0.15, -0.1) is 0 Å². The van der Waals surface area contributed by atoms with Gasteiger partial charge in [-0.25, -0.2) is 4.79 Å². The van der Waals surface area contributed by atoms with E-state index in [1.807, 2.05) is 6.92 Å². The Hall–Kier alpha value is -1.14. The van der Waals surface area contributed by atoms with E-state index < -0.39 is 30.1 Å². The van der Waals surface area contributed by atoms with E-state index in [0.29, 0.717) is 6.42 Å². The SMILES string of the molecule is CCCCC(N)C(O)C(=O)NC(C)C(=O)OCC. The zero-order valence-electron chi connectivity index (χ0n) is 11.3. The Morgan fingerprint density at radius 2 is 2.00 bits per heavy atom. The molecular formula is C12H24N2O4. The van der Waals surface area contributed by atoms with Crippen LogP contribution < -0.4 is 11.1 Å². The lowest BCUT2D eigenvalue weighted by molar-refractivity contribution is -0.148. The van der Waals surface area contributed by atoms with Crippen LogP contribution in [0.25, 0.3) is 0 Å². The number of nitrogens with two attached hydrogens (primary N) is 1. The highest BCUT2D eigenvalue weighted by Gasteiger charge is 2.25. The quantitative estimate of drug-likeness (QED) is 0.530. The molecule has 0 bridgehead atoms. The van der Waals surface area contributed by atoms with Gasteiger partial charge in [0.25, 0.3) is 5.91 Å². The molecule has 0 aromatic carbocycles. The van der Waals surface area contributed by atoms with Crippen LogP contribution in [0, 0.1) is 0 Å². The fourth-order valence-corrected chi connectivity index (χ4v) is 1.42. The summed E-state index contributed by atoms with van der Waals surface area (Å²) in [6.07, 6.45) is 1.06. The lowest BCUT2D eigenvalue weighted by Gasteiger charge is -2.20. The van der Waals surface area contributed by atoms with Gasteiger partial charge in [-0.3, -0.25) is 4.79 Å². The highest BCUT2D eigenvalue weighted by Crippen LogP contribution is 2.03. The number of amides is 1. The Morgan fingerprint density at radius 3 is 2.50 bits per heavy atom. The molecule has 0 saturated carbocycles. The number of aliphatic hydroxyl groups is 1. The molecule has 0 fully saturated rings. The van der Waals surface area contributed by atoms with Gasteiger partial charge in [-0.05, 0) is 20.3 Å². The van der Waals surface area contributed by atoms with Crippen molar-refractivity contribution in [2.24, 2.45) is 5.73 Å². The molecule has 0 aliphatic rings. The van der Waals surface area contributed by atoms with Gasteiger partial charge in [-0.2, -0.15) is 0 Å². The number of ether oxygens (including phenoxy) is 1.